The van der Waals surface area contributed by atoms with E-state index in [1.807, 2.05) is 0 Å². The number of ether oxygens (including phenoxy) is 2. The van der Waals surface area contributed by atoms with E-state index >= 15 is 0 Å². The molecule has 0 saturated heterocycles. The van der Waals surface area contributed by atoms with Gasteiger partial charge in [-0.1, -0.05) is 18.2 Å². The van der Waals surface area contributed by atoms with Crippen molar-refractivity contribution in [2.75, 3.05) is 39.5 Å². The second-order valence-electron chi connectivity index (χ2n) is 15.9. The first-order valence-corrected chi connectivity index (χ1v) is 22.3. The number of carbonyl (C=O) groups is 9. The van der Waals surface area contributed by atoms with Crippen LogP contribution in [0.2, 0.25) is 0 Å². The summed E-state index contributed by atoms with van der Waals surface area (Å²) in [4.78, 5) is 119. The van der Waals surface area contributed by atoms with Gasteiger partial charge in [-0.15, -0.1) is 0 Å². The fraction of sp³-hybridized carbons (Fsp3) is 0.400. The van der Waals surface area contributed by atoms with E-state index in [9.17, 15) is 84.0 Å². The van der Waals surface area contributed by atoms with Crippen LogP contribution in [-0.4, -0.2) is 170 Å². The number of benzene rings is 3. The number of aliphatic carboxylic acids is 1. The van der Waals surface area contributed by atoms with Crippen LogP contribution in [0.3, 0.4) is 0 Å². The van der Waals surface area contributed by atoms with Crippen LogP contribution in [0.15, 0.2) is 54.6 Å². The maximum atomic E-state index is 13.8. The van der Waals surface area contributed by atoms with E-state index in [1.54, 1.807) is 0 Å². The molecule has 6 amide bonds. The average Bonchev–Trinajstić information content (AvgIpc) is 3.36. The third-order valence-electron chi connectivity index (χ3n) is 10.5. The molecule has 0 saturated carbocycles. The molecule has 3 aromatic carbocycles. The van der Waals surface area contributed by atoms with Crippen LogP contribution < -0.4 is 49.1 Å². The van der Waals surface area contributed by atoms with Gasteiger partial charge >= 0.3 is 17.9 Å². The summed E-state index contributed by atoms with van der Waals surface area (Å²) < 4.78 is 10.4. The number of hydrogen-bond donors (Lipinski definition) is 17. The van der Waals surface area contributed by atoms with Crippen molar-refractivity contribution in [2.24, 2.45) is 17.2 Å². The molecule has 0 aliphatic rings. The lowest BCUT2D eigenvalue weighted by molar-refractivity contribution is -0.158. The van der Waals surface area contributed by atoms with E-state index in [2.05, 4.69) is 31.9 Å². The van der Waals surface area contributed by atoms with Crippen LogP contribution in [0, 0.1) is 0 Å². The zero-order chi connectivity index (χ0) is 54.4. The van der Waals surface area contributed by atoms with Crippen LogP contribution in [-0.2, 0) is 38.2 Å². The summed E-state index contributed by atoms with van der Waals surface area (Å²) in [5.41, 5.74) is 15.5. The van der Waals surface area contributed by atoms with E-state index in [4.69, 9.17) is 26.7 Å². The number of aromatic hydroxyl groups is 6. The predicted molar refractivity (Wildman–Crippen MR) is 250 cm³/mol. The number of rotatable bonds is 29. The third-order valence-corrected chi connectivity index (χ3v) is 10.5. The number of nitrogens with one attached hydrogen (secondary N) is 6. The Morgan fingerprint density at radius 2 is 0.740 bits per heavy atom. The predicted octanol–water partition coefficient (Wildman–Crippen LogP) is -3.55. The molecular weight excluding hydrogens is 971 g/mol. The maximum Gasteiger partial charge on any atom is 0.332 e. The van der Waals surface area contributed by atoms with Gasteiger partial charge < -0.3 is 99.4 Å². The molecule has 73 heavy (non-hydrogen) atoms. The zero-order valence-electron chi connectivity index (χ0n) is 38.9. The van der Waals surface area contributed by atoms with Crippen LogP contribution >= 0.6 is 0 Å². The Balaban J connectivity index is 1.88. The Bertz CT molecular complexity index is 2460. The number of carbonyl (C=O) groups excluding carboxylic acids is 8. The highest BCUT2D eigenvalue weighted by Crippen LogP contribution is 2.30. The molecule has 0 aliphatic carbocycles. The van der Waals surface area contributed by atoms with E-state index in [0.29, 0.717) is 0 Å². The normalized spacial score (nSPS) is 13.3. The molecule has 6 unspecified atom stereocenters. The Labute approximate surface area is 415 Å². The number of esters is 2. The van der Waals surface area contributed by atoms with E-state index in [0.717, 1.165) is 36.4 Å². The standard InChI is InChI=1S/C45H59N9O19/c46-16-4-10-25(49-37(62)22-7-1-13-31(56)34(22)59)40(65)52-28(19-55)44(70)73-21-30(54-42(67)27(12-6-18-48)51-39(64)24-9-3-15-33(58)36(24)61)45(71)72-20-29(43(68)69)53-41(66)26(11-5-17-47)50-38(63)23-8-2-14-32(57)35(23)60/h1-3,7-9,13-15,25-30,55-61H,4-6,10-12,16-21,46-48H2,(H,49,62)(H,50,63)(H,51,64)(H,52,65)(H,53,66)(H,54,67)(H,68,69). The molecule has 28 nitrogen and oxygen atoms in total. The van der Waals surface area contributed by atoms with Crippen molar-refractivity contribution in [3.8, 4) is 34.5 Å². The Morgan fingerprint density at radius 1 is 0.438 bits per heavy atom. The van der Waals surface area contributed by atoms with Gasteiger partial charge in [-0.3, -0.25) is 28.8 Å². The molecule has 0 aliphatic heterocycles. The summed E-state index contributed by atoms with van der Waals surface area (Å²) in [5, 5.41) is 93.7. The minimum absolute atomic E-state index is 0.0103. The summed E-state index contributed by atoms with van der Waals surface area (Å²) in [7, 11) is 0. The highest BCUT2D eigenvalue weighted by molar-refractivity contribution is 6.02. The number of carboxylic acids is 1. The van der Waals surface area contributed by atoms with E-state index in [-0.39, 0.29) is 58.2 Å². The molecule has 0 bridgehead atoms. The number of carboxylic acid groups (broad SMARTS) is 1. The van der Waals surface area contributed by atoms with Gasteiger partial charge in [-0.05, 0) is 94.6 Å². The smallest absolute Gasteiger partial charge is 0.332 e. The van der Waals surface area contributed by atoms with Crippen molar-refractivity contribution >= 4 is 53.4 Å². The lowest BCUT2D eigenvalue weighted by atomic mass is 10.1. The van der Waals surface area contributed by atoms with Gasteiger partial charge in [0.1, 0.15) is 31.3 Å². The van der Waals surface area contributed by atoms with Gasteiger partial charge in [0.25, 0.3) is 17.7 Å². The Hall–Kier alpha value is -8.47. The first-order chi connectivity index (χ1) is 34.7. The number of amides is 6. The Kier molecular flexibility index (Phi) is 23.4. The van der Waals surface area contributed by atoms with E-state index in [1.165, 1.54) is 18.2 Å². The van der Waals surface area contributed by atoms with Crippen molar-refractivity contribution in [3.05, 3.63) is 71.3 Å². The van der Waals surface area contributed by atoms with E-state index < -0.39 is 161 Å². The van der Waals surface area contributed by atoms with Crippen LogP contribution in [0.4, 0.5) is 0 Å². The summed E-state index contributed by atoms with van der Waals surface area (Å²) >= 11 is 0. The number of nitrogens with two attached hydrogens (primary N) is 3. The monoisotopic (exact) mass is 1030 g/mol. The van der Waals surface area contributed by atoms with Gasteiger partial charge in [0.15, 0.2) is 52.6 Å². The van der Waals surface area contributed by atoms with Gasteiger partial charge in [-0.2, -0.15) is 0 Å². The minimum Gasteiger partial charge on any atom is -0.504 e. The molecule has 0 spiro atoms. The second-order valence-corrected chi connectivity index (χ2v) is 15.9. The molecule has 3 aromatic rings. The molecule has 0 aromatic heterocycles. The lowest BCUT2D eigenvalue weighted by Gasteiger charge is -2.25. The second kappa shape index (κ2) is 29.0. The van der Waals surface area contributed by atoms with Gasteiger partial charge in [0.2, 0.25) is 17.7 Å². The SMILES string of the molecule is NCCCC(NC(=O)c1cccc(O)c1O)C(=O)NC(COC(=O)C(COC(=O)C(CO)NC(=O)C(CCCN)NC(=O)c1cccc(O)c1O)NC(=O)C(CCCN)NC(=O)c1cccc(O)c1O)C(=O)O. The quantitative estimate of drug-likeness (QED) is 0.0236. The number of hydrogen-bond acceptors (Lipinski definition) is 21. The molecule has 28 heteroatoms. The number of phenolic OH excluding ortho intramolecular Hbond substituents is 6. The highest BCUT2D eigenvalue weighted by atomic mass is 16.6. The molecule has 398 valence electrons. The minimum atomic E-state index is -2.11. The molecule has 0 radical (unpaired) electrons. The summed E-state index contributed by atoms with van der Waals surface area (Å²) in [6.45, 7) is -3.53. The van der Waals surface area contributed by atoms with Gasteiger partial charge in [0.05, 0.1) is 23.3 Å². The van der Waals surface area contributed by atoms with Crippen LogP contribution in [0.1, 0.15) is 69.6 Å². The number of aliphatic hydroxyl groups excluding tert-OH is 1. The number of para-hydroxylation sites is 3. The highest BCUT2D eigenvalue weighted by Gasteiger charge is 2.35. The zero-order valence-corrected chi connectivity index (χ0v) is 38.9. The van der Waals surface area contributed by atoms with Crippen molar-refractivity contribution in [1.82, 2.24) is 31.9 Å². The fourth-order valence-corrected chi connectivity index (χ4v) is 6.50. The van der Waals surface area contributed by atoms with Crippen molar-refractivity contribution < 1.29 is 93.5 Å². The average molecular weight is 1030 g/mol. The van der Waals surface area contributed by atoms with Crippen molar-refractivity contribution in [3.63, 3.8) is 0 Å². The lowest BCUT2D eigenvalue weighted by Crippen LogP contribution is -2.56. The molecule has 20 N–H and O–H groups in total. The Morgan fingerprint density at radius 3 is 1.05 bits per heavy atom. The molecule has 3 rings (SSSR count). The fourth-order valence-electron chi connectivity index (χ4n) is 6.50. The first kappa shape index (κ1) is 58.8. The summed E-state index contributed by atoms with van der Waals surface area (Å²) in [5.74, 6) is -15.8. The van der Waals surface area contributed by atoms with Gasteiger partial charge in [0, 0.05) is 0 Å². The maximum absolute atomic E-state index is 13.8. The van der Waals surface area contributed by atoms with Crippen molar-refractivity contribution in [2.45, 2.75) is 74.8 Å². The molecule has 6 atom stereocenters. The van der Waals surface area contributed by atoms with Crippen LogP contribution in [0.25, 0.3) is 0 Å². The molecule has 0 fully saturated rings. The topological polar surface area (TPSA) is 484 Å². The molecule has 0 heterocycles. The van der Waals surface area contributed by atoms with Crippen LogP contribution in [0.5, 0.6) is 34.5 Å². The molecular formula is C45H59N9O19. The summed E-state index contributed by atoms with van der Waals surface area (Å²) in [6.07, 6.45) is -0.229. The third kappa shape index (κ3) is 17.4. The van der Waals surface area contributed by atoms with Crippen molar-refractivity contribution in [1.29, 1.82) is 0 Å². The first-order valence-electron chi connectivity index (χ1n) is 22.3. The largest absolute Gasteiger partial charge is 0.504 e. The number of phenols is 6. The van der Waals surface area contributed by atoms with Gasteiger partial charge in [-0.25, -0.2) is 14.4 Å². The summed E-state index contributed by atoms with van der Waals surface area (Å²) in [6, 6.07) is -0.376. The number of aliphatic hydroxyl groups is 1.